The average molecular weight is 282 g/mol. The molecule has 0 spiro atoms. The summed E-state index contributed by atoms with van der Waals surface area (Å²) < 4.78 is 13.6. The second-order valence-electron chi connectivity index (χ2n) is 4.25. The van der Waals surface area contributed by atoms with Gasteiger partial charge in [-0.25, -0.2) is 4.39 Å². The van der Waals surface area contributed by atoms with Gasteiger partial charge in [0.2, 0.25) is 0 Å². The summed E-state index contributed by atoms with van der Waals surface area (Å²) in [6, 6.07) is 8.30. The number of para-hydroxylation sites is 1. The quantitative estimate of drug-likeness (QED) is 0.795. The number of halogens is 2. The van der Waals surface area contributed by atoms with Crippen LogP contribution in [0, 0.1) is 5.82 Å². The molecule has 0 aliphatic rings. The number of phenolic OH excluding ortho intramolecular Hbond substituents is 2. The molecule has 0 aromatic heterocycles. The lowest BCUT2D eigenvalue weighted by atomic mass is 10.1. The molecule has 0 saturated heterocycles. The first-order valence-corrected chi connectivity index (χ1v) is 6.08. The van der Waals surface area contributed by atoms with Crippen LogP contribution in [0.25, 0.3) is 0 Å². The molecule has 2 rings (SSSR count). The molecule has 19 heavy (non-hydrogen) atoms. The van der Waals surface area contributed by atoms with Gasteiger partial charge in [0.25, 0.3) is 0 Å². The first-order valence-electron chi connectivity index (χ1n) is 5.71. The smallest absolute Gasteiger partial charge is 0.147 e. The van der Waals surface area contributed by atoms with Gasteiger partial charge >= 0.3 is 0 Å². The zero-order chi connectivity index (χ0) is 14.0. The maximum atomic E-state index is 13.6. The zero-order valence-corrected chi connectivity index (χ0v) is 10.9. The minimum Gasteiger partial charge on any atom is -0.508 e. The van der Waals surface area contributed by atoms with Gasteiger partial charge in [-0.1, -0.05) is 17.7 Å². The van der Waals surface area contributed by atoms with E-state index in [0.717, 1.165) is 0 Å². The third-order valence-electron chi connectivity index (χ3n) is 2.75. The van der Waals surface area contributed by atoms with Crippen LogP contribution in [0.2, 0.25) is 5.02 Å². The van der Waals surface area contributed by atoms with Crippen LogP contribution in [0.4, 0.5) is 10.1 Å². The molecule has 0 heterocycles. The van der Waals surface area contributed by atoms with Crippen molar-refractivity contribution in [3.63, 3.8) is 0 Å². The van der Waals surface area contributed by atoms with E-state index < -0.39 is 5.82 Å². The van der Waals surface area contributed by atoms with Crippen molar-refractivity contribution in [1.29, 1.82) is 0 Å². The highest BCUT2D eigenvalue weighted by atomic mass is 35.5. The second-order valence-corrected chi connectivity index (χ2v) is 4.65. The Kier molecular flexibility index (Phi) is 3.81. The van der Waals surface area contributed by atoms with Gasteiger partial charge in [0, 0.05) is 12.1 Å². The molecule has 2 aromatic carbocycles. The summed E-state index contributed by atoms with van der Waals surface area (Å²) in [5.74, 6) is -0.560. The molecule has 3 nitrogen and oxygen atoms in total. The van der Waals surface area contributed by atoms with Crippen molar-refractivity contribution in [3.8, 4) is 11.5 Å². The maximum Gasteiger partial charge on any atom is 0.147 e. The molecule has 5 heteroatoms. The van der Waals surface area contributed by atoms with E-state index in [4.69, 9.17) is 11.6 Å². The van der Waals surface area contributed by atoms with Gasteiger partial charge in [-0.05, 0) is 36.8 Å². The third-order valence-corrected chi connectivity index (χ3v) is 3.06. The van der Waals surface area contributed by atoms with E-state index in [9.17, 15) is 14.6 Å². The topological polar surface area (TPSA) is 52.5 Å². The fourth-order valence-electron chi connectivity index (χ4n) is 1.80. The molecule has 0 saturated carbocycles. The van der Waals surface area contributed by atoms with E-state index in [1.807, 2.05) is 0 Å². The van der Waals surface area contributed by atoms with Crippen LogP contribution in [0.3, 0.4) is 0 Å². The van der Waals surface area contributed by atoms with Crippen molar-refractivity contribution >= 4 is 17.3 Å². The van der Waals surface area contributed by atoms with Crippen LogP contribution in [-0.4, -0.2) is 10.2 Å². The summed E-state index contributed by atoms with van der Waals surface area (Å²) >= 11 is 5.92. The first kappa shape index (κ1) is 13.5. The van der Waals surface area contributed by atoms with Crippen molar-refractivity contribution in [2.45, 2.75) is 13.0 Å². The molecule has 0 fully saturated rings. The summed E-state index contributed by atoms with van der Waals surface area (Å²) in [5.41, 5.74) is 0.816. The van der Waals surface area contributed by atoms with Crippen molar-refractivity contribution in [1.82, 2.24) is 0 Å². The minimum absolute atomic E-state index is 0.0525. The Morgan fingerprint density at radius 1 is 1.16 bits per heavy atom. The molecular weight excluding hydrogens is 269 g/mol. The number of hydrogen-bond acceptors (Lipinski definition) is 3. The van der Waals surface area contributed by atoms with Crippen molar-refractivity contribution in [3.05, 3.63) is 52.8 Å². The van der Waals surface area contributed by atoms with Crippen LogP contribution in [0.5, 0.6) is 11.5 Å². The average Bonchev–Trinajstić information content (AvgIpc) is 2.32. The van der Waals surface area contributed by atoms with E-state index in [1.54, 1.807) is 13.0 Å². The fraction of sp³-hybridized carbons (Fsp3) is 0.143. The van der Waals surface area contributed by atoms with Crippen LogP contribution < -0.4 is 5.32 Å². The van der Waals surface area contributed by atoms with E-state index in [2.05, 4.69) is 5.32 Å². The van der Waals surface area contributed by atoms with E-state index in [1.165, 1.54) is 30.3 Å². The summed E-state index contributed by atoms with van der Waals surface area (Å²) in [7, 11) is 0. The predicted molar refractivity (Wildman–Crippen MR) is 73.2 cm³/mol. The lowest BCUT2D eigenvalue weighted by Crippen LogP contribution is -2.08. The summed E-state index contributed by atoms with van der Waals surface area (Å²) in [4.78, 5) is 0. The lowest BCUT2D eigenvalue weighted by molar-refractivity contribution is 0.448. The Morgan fingerprint density at radius 3 is 2.37 bits per heavy atom. The molecule has 0 aliphatic heterocycles. The number of nitrogens with one attached hydrogen (secondary N) is 1. The zero-order valence-electron chi connectivity index (χ0n) is 10.2. The molecule has 3 N–H and O–H groups in total. The van der Waals surface area contributed by atoms with E-state index in [-0.39, 0.29) is 28.3 Å². The Hall–Kier alpha value is -1.94. The Balaban J connectivity index is 2.28. The molecule has 0 bridgehead atoms. The summed E-state index contributed by atoms with van der Waals surface area (Å²) in [5, 5.41) is 22.1. The van der Waals surface area contributed by atoms with Crippen molar-refractivity contribution in [2.24, 2.45) is 0 Å². The van der Waals surface area contributed by atoms with Gasteiger partial charge in [-0.15, -0.1) is 0 Å². The normalized spacial score (nSPS) is 12.2. The number of hydrogen-bond donors (Lipinski definition) is 3. The van der Waals surface area contributed by atoms with Gasteiger partial charge < -0.3 is 15.5 Å². The molecule has 1 atom stereocenters. The SMILES string of the molecule is CC(Nc1c(F)cccc1Cl)c1cc(O)cc(O)c1. The van der Waals surface area contributed by atoms with Gasteiger partial charge in [-0.3, -0.25) is 0 Å². The third kappa shape index (κ3) is 3.09. The van der Waals surface area contributed by atoms with Crippen LogP contribution in [0.1, 0.15) is 18.5 Å². The monoisotopic (exact) mass is 281 g/mol. The standard InChI is InChI=1S/C14H13ClFNO2/c1-8(9-5-10(18)7-11(19)6-9)17-14-12(15)3-2-4-13(14)16/h2-8,17-19H,1H3. The van der Waals surface area contributed by atoms with Crippen molar-refractivity contribution in [2.75, 3.05) is 5.32 Å². The molecule has 0 radical (unpaired) electrons. The maximum absolute atomic E-state index is 13.6. The number of rotatable bonds is 3. The molecule has 0 amide bonds. The first-order chi connectivity index (χ1) is 8.97. The highest BCUT2D eigenvalue weighted by Crippen LogP contribution is 2.31. The highest BCUT2D eigenvalue weighted by Gasteiger charge is 2.12. The van der Waals surface area contributed by atoms with E-state index >= 15 is 0 Å². The number of phenols is 2. The van der Waals surface area contributed by atoms with Crippen LogP contribution in [0.15, 0.2) is 36.4 Å². The fourth-order valence-corrected chi connectivity index (χ4v) is 2.02. The molecule has 1 unspecified atom stereocenters. The van der Waals surface area contributed by atoms with Crippen molar-refractivity contribution < 1.29 is 14.6 Å². The predicted octanol–water partition coefficient (Wildman–Crippen LogP) is 4.06. The number of anilines is 1. The summed E-state index contributed by atoms with van der Waals surface area (Å²) in [6.07, 6.45) is 0. The van der Waals surface area contributed by atoms with Crippen LogP contribution >= 0.6 is 11.6 Å². The second kappa shape index (κ2) is 5.36. The largest absolute Gasteiger partial charge is 0.508 e. The molecule has 100 valence electrons. The number of aromatic hydroxyl groups is 2. The summed E-state index contributed by atoms with van der Waals surface area (Å²) in [6.45, 7) is 1.77. The Morgan fingerprint density at radius 2 is 1.79 bits per heavy atom. The van der Waals surface area contributed by atoms with Crippen LogP contribution in [-0.2, 0) is 0 Å². The van der Waals surface area contributed by atoms with Gasteiger partial charge in [0.05, 0.1) is 10.7 Å². The minimum atomic E-state index is -0.455. The number of benzene rings is 2. The molecule has 0 aliphatic carbocycles. The van der Waals surface area contributed by atoms with Gasteiger partial charge in [0.15, 0.2) is 0 Å². The Bertz CT molecular complexity index is 563. The van der Waals surface area contributed by atoms with Gasteiger partial charge in [-0.2, -0.15) is 0 Å². The van der Waals surface area contributed by atoms with E-state index in [0.29, 0.717) is 5.56 Å². The molecular formula is C14H13ClFNO2. The highest BCUT2D eigenvalue weighted by molar-refractivity contribution is 6.33. The van der Waals surface area contributed by atoms with Gasteiger partial charge in [0.1, 0.15) is 17.3 Å². The molecule has 2 aromatic rings. The Labute approximate surface area is 115 Å². The lowest BCUT2D eigenvalue weighted by Gasteiger charge is -2.17.